The van der Waals surface area contributed by atoms with Gasteiger partial charge in [0.2, 0.25) is 10.8 Å². The highest BCUT2D eigenvalue weighted by molar-refractivity contribution is 7.17. The molecule has 7 heteroatoms. The maximum atomic E-state index is 11.0. The van der Waals surface area contributed by atoms with Gasteiger partial charge in [-0.3, -0.25) is 4.90 Å². The molecule has 1 aliphatic rings. The molecule has 1 fully saturated rings. The first-order chi connectivity index (χ1) is 14.0. The number of thiazole rings is 1. The lowest BCUT2D eigenvalue weighted by Crippen LogP contribution is -2.47. The van der Waals surface area contributed by atoms with Gasteiger partial charge < -0.3 is 10.0 Å². The monoisotopic (exact) mass is 413 g/mol. The van der Waals surface area contributed by atoms with Crippen molar-refractivity contribution in [3.05, 3.63) is 46.1 Å². The van der Waals surface area contributed by atoms with Crippen LogP contribution in [0.4, 0.5) is 0 Å². The van der Waals surface area contributed by atoms with Crippen LogP contribution in [0.3, 0.4) is 0 Å². The van der Waals surface area contributed by atoms with Crippen molar-refractivity contribution in [1.29, 1.82) is 0 Å². The van der Waals surface area contributed by atoms with Gasteiger partial charge in [-0.25, -0.2) is 4.98 Å². The zero-order valence-corrected chi connectivity index (χ0v) is 18.6. The Kier molecular flexibility index (Phi) is 5.90. The predicted octanol–water partition coefficient (Wildman–Crippen LogP) is 3.91. The van der Waals surface area contributed by atoms with E-state index in [-0.39, 0.29) is 11.9 Å². The van der Waals surface area contributed by atoms with E-state index in [1.54, 1.807) is 15.9 Å². The molecule has 6 nitrogen and oxygen atoms in total. The van der Waals surface area contributed by atoms with Crippen LogP contribution in [-0.2, 0) is 6.42 Å². The maximum absolute atomic E-state index is 11.0. The summed E-state index contributed by atoms with van der Waals surface area (Å²) in [6.45, 7) is 13.8. The molecule has 2 aromatic heterocycles. The Morgan fingerprint density at radius 3 is 2.24 bits per heavy atom. The van der Waals surface area contributed by atoms with Crippen LogP contribution in [0.1, 0.15) is 61.5 Å². The lowest BCUT2D eigenvalue weighted by atomic mass is 9.97. The Labute approximate surface area is 176 Å². The van der Waals surface area contributed by atoms with Crippen LogP contribution in [0.25, 0.3) is 4.96 Å². The fourth-order valence-electron chi connectivity index (χ4n) is 4.05. The Balaban J connectivity index is 1.74. The molecule has 1 atom stereocenters. The zero-order chi connectivity index (χ0) is 20.5. The summed E-state index contributed by atoms with van der Waals surface area (Å²) in [4.78, 5) is 11.3. The number of nitrogens with zero attached hydrogens (tertiary/aromatic N) is 5. The van der Waals surface area contributed by atoms with Crippen molar-refractivity contribution in [3.63, 3.8) is 0 Å². The molecule has 0 bridgehead atoms. The number of hydrogen-bond acceptors (Lipinski definition) is 6. The largest absolute Gasteiger partial charge is 0.492 e. The van der Waals surface area contributed by atoms with Gasteiger partial charge in [0.15, 0.2) is 5.82 Å². The van der Waals surface area contributed by atoms with Crippen molar-refractivity contribution >= 4 is 16.3 Å². The molecule has 0 spiro atoms. The van der Waals surface area contributed by atoms with Crippen LogP contribution in [0.15, 0.2) is 24.3 Å². The molecule has 29 heavy (non-hydrogen) atoms. The van der Waals surface area contributed by atoms with Gasteiger partial charge in [-0.15, -0.1) is 5.10 Å². The van der Waals surface area contributed by atoms with Crippen molar-refractivity contribution in [3.8, 4) is 5.88 Å². The summed E-state index contributed by atoms with van der Waals surface area (Å²) in [5.74, 6) is 1.51. The van der Waals surface area contributed by atoms with Gasteiger partial charge in [0.1, 0.15) is 0 Å². The first-order valence-corrected chi connectivity index (χ1v) is 11.5. The summed E-state index contributed by atoms with van der Waals surface area (Å²) >= 11 is 1.56. The molecule has 0 amide bonds. The maximum Gasteiger partial charge on any atom is 0.230 e. The van der Waals surface area contributed by atoms with E-state index in [9.17, 15) is 5.11 Å². The molecular weight excluding hydrogens is 382 g/mol. The van der Waals surface area contributed by atoms with Crippen LogP contribution in [0.5, 0.6) is 5.88 Å². The molecule has 1 aromatic carbocycles. The van der Waals surface area contributed by atoms with Gasteiger partial charge in [0.05, 0.1) is 10.9 Å². The van der Waals surface area contributed by atoms with Gasteiger partial charge in [0.25, 0.3) is 0 Å². The number of piperazine rings is 1. The van der Waals surface area contributed by atoms with Crippen LogP contribution in [0, 0.1) is 0 Å². The van der Waals surface area contributed by atoms with Crippen LogP contribution in [-0.4, -0.2) is 62.2 Å². The van der Waals surface area contributed by atoms with Crippen molar-refractivity contribution in [2.45, 2.75) is 46.1 Å². The topological polar surface area (TPSA) is 56.9 Å². The van der Waals surface area contributed by atoms with E-state index in [1.807, 2.05) is 6.92 Å². The third kappa shape index (κ3) is 3.91. The van der Waals surface area contributed by atoms with Crippen molar-refractivity contribution in [1.82, 2.24) is 24.4 Å². The Hall–Kier alpha value is -1.96. The van der Waals surface area contributed by atoms with E-state index >= 15 is 0 Å². The Morgan fingerprint density at radius 1 is 1.03 bits per heavy atom. The standard InChI is InChI=1S/C22H31N5OS/c1-5-18-23-22-27(24-18)21(28)20(29-22)19(26-13-11-25(6-2)12-14-26)17-9-7-16(8-10-17)15(3)4/h7-10,15,19,28H,5-6,11-14H2,1-4H3. The summed E-state index contributed by atoms with van der Waals surface area (Å²) in [5, 5.41) is 15.5. The average Bonchev–Trinajstić information content (AvgIpc) is 3.28. The third-order valence-electron chi connectivity index (χ3n) is 5.95. The fourth-order valence-corrected chi connectivity index (χ4v) is 5.18. The second-order valence-electron chi connectivity index (χ2n) is 8.06. The zero-order valence-electron chi connectivity index (χ0n) is 17.8. The number of rotatable bonds is 6. The molecule has 1 saturated heterocycles. The summed E-state index contributed by atoms with van der Waals surface area (Å²) in [6.07, 6.45) is 0.766. The number of benzene rings is 1. The van der Waals surface area contributed by atoms with E-state index in [1.165, 1.54) is 11.1 Å². The lowest BCUT2D eigenvalue weighted by Gasteiger charge is -2.38. The number of fused-ring (bicyclic) bond motifs is 1. The molecule has 0 aliphatic carbocycles. The van der Waals surface area contributed by atoms with E-state index in [2.05, 4.69) is 64.9 Å². The van der Waals surface area contributed by atoms with Gasteiger partial charge >= 0.3 is 0 Å². The van der Waals surface area contributed by atoms with Crippen molar-refractivity contribution in [2.75, 3.05) is 32.7 Å². The van der Waals surface area contributed by atoms with E-state index < -0.39 is 0 Å². The molecule has 1 unspecified atom stereocenters. The van der Waals surface area contributed by atoms with E-state index in [4.69, 9.17) is 0 Å². The average molecular weight is 414 g/mol. The number of aromatic hydroxyl groups is 1. The molecular formula is C22H31N5OS. The summed E-state index contributed by atoms with van der Waals surface area (Å²) in [6, 6.07) is 8.91. The number of aryl methyl sites for hydroxylation is 1. The minimum absolute atomic E-state index is 0.0220. The molecule has 156 valence electrons. The highest BCUT2D eigenvalue weighted by Gasteiger charge is 2.31. The van der Waals surface area contributed by atoms with Crippen LogP contribution >= 0.6 is 11.3 Å². The first kappa shape index (κ1) is 20.3. The van der Waals surface area contributed by atoms with E-state index in [0.717, 1.165) is 54.8 Å². The molecule has 3 aromatic rings. The summed E-state index contributed by atoms with van der Waals surface area (Å²) in [7, 11) is 0. The quantitative estimate of drug-likeness (QED) is 0.664. The predicted molar refractivity (Wildman–Crippen MR) is 118 cm³/mol. The molecule has 1 aliphatic heterocycles. The fraction of sp³-hybridized carbons (Fsp3) is 0.545. The highest BCUT2D eigenvalue weighted by atomic mass is 32.1. The SMILES string of the molecule is CCc1nc2sc(C(c3ccc(C(C)C)cc3)N3CCN(CC)CC3)c(O)n2n1. The summed E-state index contributed by atoms with van der Waals surface area (Å²) in [5.41, 5.74) is 2.55. The number of hydrogen-bond donors (Lipinski definition) is 1. The first-order valence-electron chi connectivity index (χ1n) is 10.6. The van der Waals surface area contributed by atoms with Gasteiger partial charge in [0, 0.05) is 32.6 Å². The summed E-state index contributed by atoms with van der Waals surface area (Å²) < 4.78 is 1.61. The minimum Gasteiger partial charge on any atom is -0.492 e. The molecule has 1 N–H and O–H groups in total. The normalized spacial score (nSPS) is 17.4. The second kappa shape index (κ2) is 8.42. The Bertz CT molecular complexity index is 954. The van der Waals surface area contributed by atoms with Gasteiger partial charge in [-0.1, -0.05) is 63.3 Å². The third-order valence-corrected chi connectivity index (χ3v) is 7.02. The molecule has 0 radical (unpaired) electrons. The van der Waals surface area contributed by atoms with Crippen molar-refractivity contribution < 1.29 is 5.11 Å². The molecule has 4 rings (SSSR count). The molecule has 0 saturated carbocycles. The number of aromatic nitrogens is 3. The van der Waals surface area contributed by atoms with Gasteiger partial charge in [-0.2, -0.15) is 4.52 Å². The number of likely N-dealkylation sites (N-methyl/N-ethyl adjacent to an activating group) is 1. The smallest absolute Gasteiger partial charge is 0.230 e. The van der Waals surface area contributed by atoms with Gasteiger partial charge in [-0.05, 0) is 23.6 Å². The minimum atomic E-state index is 0.0220. The second-order valence-corrected chi connectivity index (χ2v) is 9.07. The van der Waals surface area contributed by atoms with Crippen LogP contribution in [0.2, 0.25) is 0 Å². The highest BCUT2D eigenvalue weighted by Crippen LogP contribution is 2.40. The van der Waals surface area contributed by atoms with Crippen molar-refractivity contribution in [2.24, 2.45) is 0 Å². The van der Waals surface area contributed by atoms with Crippen LogP contribution < -0.4 is 0 Å². The Morgan fingerprint density at radius 2 is 1.69 bits per heavy atom. The lowest BCUT2D eigenvalue weighted by molar-refractivity contribution is 0.113. The van der Waals surface area contributed by atoms with E-state index in [0.29, 0.717) is 5.92 Å². The molecule has 3 heterocycles.